The average Bonchev–Trinajstić information content (AvgIpc) is 2.89. The van der Waals surface area contributed by atoms with Gasteiger partial charge in [0.2, 0.25) is 0 Å². The Morgan fingerprint density at radius 3 is 2.72 bits per heavy atom. The Balaban J connectivity index is 1.84. The molecule has 0 fully saturated rings. The number of carbonyl (C=O) groups is 1. The molecule has 0 radical (unpaired) electrons. The van der Waals surface area contributed by atoms with Crippen LogP contribution in [0, 0.1) is 19.3 Å². The van der Waals surface area contributed by atoms with E-state index in [4.69, 9.17) is 18.0 Å². The Morgan fingerprint density at radius 2 is 2.00 bits per heavy atom. The van der Waals surface area contributed by atoms with Crippen molar-refractivity contribution in [1.82, 2.24) is 9.78 Å². The van der Waals surface area contributed by atoms with Gasteiger partial charge in [0.05, 0.1) is 17.8 Å². The topological polar surface area (TPSA) is 46.9 Å². The number of rotatable bonds is 4. The van der Waals surface area contributed by atoms with E-state index in [1.54, 1.807) is 35.9 Å². The molecular weight excluding hydrogens is 334 g/mol. The van der Waals surface area contributed by atoms with Crippen molar-refractivity contribution in [3.8, 4) is 12.3 Å². The van der Waals surface area contributed by atoms with E-state index in [0.29, 0.717) is 34.2 Å². The second kappa shape index (κ2) is 7.25. The zero-order valence-electron chi connectivity index (χ0n) is 13.7. The summed E-state index contributed by atoms with van der Waals surface area (Å²) in [5.74, 6) is 2.23. The number of anilines is 1. The fourth-order valence-corrected chi connectivity index (χ4v) is 2.87. The van der Waals surface area contributed by atoms with Gasteiger partial charge in [-0.2, -0.15) is 5.10 Å². The lowest BCUT2D eigenvalue weighted by atomic mass is 10.2. The number of aryl methyl sites for hydroxylation is 1. The van der Waals surface area contributed by atoms with Crippen LogP contribution in [0.2, 0.25) is 5.15 Å². The summed E-state index contributed by atoms with van der Waals surface area (Å²) >= 11 is 6.41. The van der Waals surface area contributed by atoms with Crippen LogP contribution in [-0.4, -0.2) is 15.7 Å². The molecule has 3 aromatic rings. The number of terminal acetylenes is 1. The molecule has 25 heavy (non-hydrogen) atoms. The van der Waals surface area contributed by atoms with Crippen LogP contribution in [0.25, 0.3) is 0 Å². The second-order valence-corrected chi connectivity index (χ2v) is 5.93. The zero-order chi connectivity index (χ0) is 17.8. The first-order valence-electron chi connectivity index (χ1n) is 7.73. The summed E-state index contributed by atoms with van der Waals surface area (Å²) in [6, 6.07) is 16.9. The van der Waals surface area contributed by atoms with E-state index >= 15 is 0 Å². The Hall–Kier alpha value is -3.03. The molecule has 4 nitrogen and oxygen atoms in total. The predicted octanol–water partition coefficient (Wildman–Crippen LogP) is 4.13. The number of nitrogens with zero attached hydrogens (tertiary/aromatic N) is 2. The molecule has 0 bridgehead atoms. The molecule has 0 saturated heterocycles. The molecule has 5 heteroatoms. The second-order valence-electron chi connectivity index (χ2n) is 5.57. The minimum absolute atomic E-state index is 0.309. The van der Waals surface area contributed by atoms with Gasteiger partial charge in [-0.1, -0.05) is 53.9 Å². The largest absolute Gasteiger partial charge is 0.322 e. The maximum atomic E-state index is 12.6. The number of aromatic nitrogens is 2. The van der Waals surface area contributed by atoms with Gasteiger partial charge < -0.3 is 5.32 Å². The van der Waals surface area contributed by atoms with E-state index in [1.807, 2.05) is 30.3 Å². The van der Waals surface area contributed by atoms with Crippen LogP contribution in [0.3, 0.4) is 0 Å². The first kappa shape index (κ1) is 16.8. The Labute approximate surface area is 151 Å². The summed E-state index contributed by atoms with van der Waals surface area (Å²) in [6.07, 6.45) is 5.39. The molecule has 1 heterocycles. The maximum Gasteiger partial charge on any atom is 0.260 e. The van der Waals surface area contributed by atoms with Crippen LogP contribution in [0.1, 0.15) is 27.2 Å². The van der Waals surface area contributed by atoms with Crippen molar-refractivity contribution in [2.24, 2.45) is 0 Å². The van der Waals surface area contributed by atoms with Gasteiger partial charge in [-0.25, -0.2) is 4.68 Å². The van der Waals surface area contributed by atoms with Crippen molar-refractivity contribution in [3.05, 3.63) is 82.1 Å². The van der Waals surface area contributed by atoms with Crippen LogP contribution in [-0.2, 0) is 6.54 Å². The van der Waals surface area contributed by atoms with E-state index in [2.05, 4.69) is 16.3 Å². The van der Waals surface area contributed by atoms with E-state index in [0.717, 1.165) is 5.56 Å². The quantitative estimate of drug-likeness (QED) is 0.720. The number of nitrogens with one attached hydrogen (secondary N) is 1. The highest BCUT2D eigenvalue weighted by Crippen LogP contribution is 2.22. The third-order valence-corrected chi connectivity index (χ3v) is 4.14. The summed E-state index contributed by atoms with van der Waals surface area (Å²) < 4.78 is 1.62. The Bertz CT molecular complexity index is 955. The molecule has 1 N–H and O–H groups in total. The van der Waals surface area contributed by atoms with Crippen LogP contribution in [0.15, 0.2) is 54.6 Å². The van der Waals surface area contributed by atoms with Crippen LogP contribution in [0.5, 0.6) is 0 Å². The van der Waals surface area contributed by atoms with E-state index in [1.165, 1.54) is 0 Å². The summed E-state index contributed by atoms with van der Waals surface area (Å²) in [7, 11) is 0. The van der Waals surface area contributed by atoms with Gasteiger partial charge in [-0.15, -0.1) is 6.42 Å². The number of hydrogen-bond donors (Lipinski definition) is 1. The average molecular weight is 350 g/mol. The highest BCUT2D eigenvalue weighted by molar-refractivity contribution is 6.33. The van der Waals surface area contributed by atoms with Gasteiger partial charge in [-0.05, 0) is 30.7 Å². The number of carbonyl (C=O) groups excluding carboxylic acids is 1. The van der Waals surface area contributed by atoms with Gasteiger partial charge in [0.15, 0.2) is 0 Å². The highest BCUT2D eigenvalue weighted by atomic mass is 35.5. The minimum Gasteiger partial charge on any atom is -0.322 e. The third-order valence-electron chi connectivity index (χ3n) is 3.75. The smallest absolute Gasteiger partial charge is 0.260 e. The summed E-state index contributed by atoms with van der Waals surface area (Å²) in [5.41, 5.74) is 3.31. The van der Waals surface area contributed by atoms with Gasteiger partial charge >= 0.3 is 0 Å². The molecule has 0 aliphatic carbocycles. The molecule has 0 unspecified atom stereocenters. The molecule has 3 rings (SSSR count). The lowest BCUT2D eigenvalue weighted by molar-refractivity contribution is 0.102. The number of benzene rings is 2. The van der Waals surface area contributed by atoms with Crippen molar-refractivity contribution < 1.29 is 4.79 Å². The summed E-state index contributed by atoms with van der Waals surface area (Å²) in [6.45, 7) is 2.26. The molecule has 1 amide bonds. The molecule has 1 aromatic heterocycles. The number of halogens is 1. The minimum atomic E-state index is -0.309. The van der Waals surface area contributed by atoms with Crippen molar-refractivity contribution in [2.45, 2.75) is 13.5 Å². The monoisotopic (exact) mass is 349 g/mol. The number of amides is 1. The molecule has 124 valence electrons. The lowest BCUT2D eigenvalue weighted by Crippen LogP contribution is -2.13. The first-order valence-corrected chi connectivity index (χ1v) is 8.11. The van der Waals surface area contributed by atoms with E-state index in [-0.39, 0.29) is 5.91 Å². The van der Waals surface area contributed by atoms with Crippen LogP contribution >= 0.6 is 11.6 Å². The summed E-state index contributed by atoms with van der Waals surface area (Å²) in [4.78, 5) is 12.6. The van der Waals surface area contributed by atoms with Crippen molar-refractivity contribution >= 4 is 23.2 Å². The Morgan fingerprint density at radius 1 is 1.24 bits per heavy atom. The molecule has 0 saturated carbocycles. The van der Waals surface area contributed by atoms with Crippen molar-refractivity contribution in [1.29, 1.82) is 0 Å². The predicted molar refractivity (Wildman–Crippen MR) is 99.8 cm³/mol. The van der Waals surface area contributed by atoms with E-state index in [9.17, 15) is 4.79 Å². The molecule has 0 aliphatic rings. The highest BCUT2D eigenvalue weighted by Gasteiger charge is 2.20. The maximum absolute atomic E-state index is 12.6. The van der Waals surface area contributed by atoms with Crippen molar-refractivity contribution in [2.75, 3.05) is 5.32 Å². The van der Waals surface area contributed by atoms with E-state index < -0.39 is 0 Å². The molecule has 0 spiro atoms. The van der Waals surface area contributed by atoms with Crippen molar-refractivity contribution in [3.63, 3.8) is 0 Å². The Kier molecular flexibility index (Phi) is 4.87. The molecule has 2 aromatic carbocycles. The normalized spacial score (nSPS) is 10.3. The van der Waals surface area contributed by atoms with Gasteiger partial charge in [0, 0.05) is 11.3 Å². The van der Waals surface area contributed by atoms with Crippen LogP contribution < -0.4 is 5.32 Å². The SMILES string of the molecule is C#Cc1cccc(NC(=O)c2c(C)nn(Cc3ccccc3)c2Cl)c1. The standard InChI is InChI=1S/C20H16ClN3O/c1-3-15-10-7-11-17(12-15)22-20(25)18-14(2)23-24(19(18)21)13-16-8-5-4-6-9-16/h1,4-12H,13H2,2H3,(H,22,25). The van der Waals surface area contributed by atoms with Gasteiger partial charge in [0.25, 0.3) is 5.91 Å². The lowest BCUT2D eigenvalue weighted by Gasteiger charge is -2.06. The molecular formula is C20H16ClN3O. The number of hydrogen-bond acceptors (Lipinski definition) is 2. The van der Waals surface area contributed by atoms with Gasteiger partial charge in [0.1, 0.15) is 5.15 Å². The van der Waals surface area contributed by atoms with Crippen LogP contribution in [0.4, 0.5) is 5.69 Å². The zero-order valence-corrected chi connectivity index (χ0v) is 14.4. The van der Waals surface area contributed by atoms with Gasteiger partial charge in [-0.3, -0.25) is 4.79 Å². The fourth-order valence-electron chi connectivity index (χ4n) is 2.55. The molecule has 0 atom stereocenters. The first-order chi connectivity index (χ1) is 12.1. The fraction of sp³-hybridized carbons (Fsp3) is 0.100. The molecule has 0 aliphatic heterocycles. The summed E-state index contributed by atoms with van der Waals surface area (Å²) in [5, 5.41) is 7.52. The third kappa shape index (κ3) is 3.73.